The Labute approximate surface area is 187 Å². The molecule has 0 radical (unpaired) electrons. The van der Waals surface area contributed by atoms with E-state index in [2.05, 4.69) is 10.2 Å². The molecule has 1 unspecified atom stereocenters. The second kappa shape index (κ2) is 8.70. The van der Waals surface area contributed by atoms with Crippen LogP contribution in [0.25, 0.3) is 11.5 Å². The zero-order chi connectivity index (χ0) is 21.2. The highest BCUT2D eigenvalue weighted by molar-refractivity contribution is 7.98. The zero-order valence-electron chi connectivity index (χ0n) is 16.1. The lowest BCUT2D eigenvalue weighted by Crippen LogP contribution is -2.19. The van der Waals surface area contributed by atoms with E-state index in [-0.39, 0.29) is 12.4 Å². The van der Waals surface area contributed by atoms with E-state index in [9.17, 15) is 4.39 Å². The van der Waals surface area contributed by atoms with E-state index < -0.39 is 6.29 Å². The second-order valence-electron chi connectivity index (χ2n) is 6.89. The first-order valence-corrected chi connectivity index (χ1v) is 10.9. The molecule has 0 saturated carbocycles. The van der Waals surface area contributed by atoms with Gasteiger partial charge in [-0.15, -0.1) is 10.2 Å². The number of benzene rings is 3. The number of halogens is 2. The molecule has 156 valence electrons. The van der Waals surface area contributed by atoms with Gasteiger partial charge in [0.1, 0.15) is 11.6 Å². The predicted octanol–water partition coefficient (Wildman–Crippen LogP) is 6.43. The number of fused-ring (bicyclic) bond motifs is 1. The third-order valence-electron chi connectivity index (χ3n) is 4.74. The van der Waals surface area contributed by atoms with Crippen LogP contribution in [-0.2, 0) is 17.1 Å². The van der Waals surface area contributed by atoms with Crippen LogP contribution in [-0.4, -0.2) is 10.2 Å². The second-order valence-corrected chi connectivity index (χ2v) is 8.26. The molecule has 5 rings (SSSR count). The number of nitrogens with zero attached hydrogens (tertiary/aromatic N) is 2. The summed E-state index contributed by atoms with van der Waals surface area (Å²) in [6, 6.07) is 19.7. The maximum Gasteiger partial charge on any atom is 0.277 e. The number of hydrogen-bond donors (Lipinski definition) is 0. The van der Waals surface area contributed by atoms with Gasteiger partial charge in [0, 0.05) is 33.0 Å². The summed E-state index contributed by atoms with van der Waals surface area (Å²) in [5.74, 6) is 1.09. The lowest BCUT2D eigenvalue weighted by molar-refractivity contribution is -0.112. The molecule has 31 heavy (non-hydrogen) atoms. The van der Waals surface area contributed by atoms with Crippen molar-refractivity contribution < 1.29 is 18.3 Å². The summed E-state index contributed by atoms with van der Waals surface area (Å²) in [4.78, 5) is 0. The molecule has 1 aliphatic heterocycles. The van der Waals surface area contributed by atoms with Crippen LogP contribution < -0.4 is 4.74 Å². The van der Waals surface area contributed by atoms with Gasteiger partial charge in [0.05, 0.1) is 6.61 Å². The number of thioether (sulfide) groups is 1. The summed E-state index contributed by atoms with van der Waals surface area (Å²) in [7, 11) is 0. The Balaban J connectivity index is 1.35. The fraction of sp³-hybridized carbons (Fsp3) is 0.130. The first kappa shape index (κ1) is 20.1. The summed E-state index contributed by atoms with van der Waals surface area (Å²) >= 11 is 7.24. The number of hydrogen-bond acceptors (Lipinski definition) is 6. The van der Waals surface area contributed by atoms with Gasteiger partial charge >= 0.3 is 0 Å². The van der Waals surface area contributed by atoms with Crippen LogP contribution in [0.1, 0.15) is 23.0 Å². The molecule has 1 aromatic heterocycles. The number of aromatic nitrogens is 2. The average Bonchev–Trinajstić information content (AvgIpc) is 3.27. The van der Waals surface area contributed by atoms with Gasteiger partial charge in [-0.1, -0.05) is 53.7 Å². The molecule has 1 aliphatic rings. The van der Waals surface area contributed by atoms with E-state index in [1.165, 1.54) is 23.9 Å². The van der Waals surface area contributed by atoms with Gasteiger partial charge in [0.25, 0.3) is 5.22 Å². The molecule has 0 fully saturated rings. The Bertz CT molecular complexity index is 1200. The van der Waals surface area contributed by atoms with Crippen molar-refractivity contribution in [3.8, 4) is 17.2 Å². The van der Waals surface area contributed by atoms with Gasteiger partial charge in [-0.05, 0) is 36.4 Å². The number of ether oxygens (including phenoxy) is 2. The first-order chi connectivity index (χ1) is 15.2. The summed E-state index contributed by atoms with van der Waals surface area (Å²) in [5, 5.41) is 9.18. The lowest BCUT2D eigenvalue weighted by Gasteiger charge is -2.28. The molecule has 5 nitrogen and oxygen atoms in total. The van der Waals surface area contributed by atoms with E-state index in [0.717, 1.165) is 11.1 Å². The highest BCUT2D eigenvalue weighted by Gasteiger charge is 2.25. The molecule has 0 aliphatic carbocycles. The van der Waals surface area contributed by atoms with Crippen LogP contribution in [0.15, 0.2) is 76.4 Å². The van der Waals surface area contributed by atoms with Gasteiger partial charge in [0.2, 0.25) is 12.2 Å². The molecule has 3 aromatic carbocycles. The van der Waals surface area contributed by atoms with Crippen molar-refractivity contribution in [1.29, 1.82) is 0 Å². The zero-order valence-corrected chi connectivity index (χ0v) is 17.7. The Morgan fingerprint density at radius 3 is 2.65 bits per heavy atom. The minimum Gasteiger partial charge on any atom is -0.460 e. The largest absolute Gasteiger partial charge is 0.460 e. The first-order valence-electron chi connectivity index (χ1n) is 9.52. The van der Waals surface area contributed by atoms with E-state index in [4.69, 9.17) is 25.5 Å². The normalized spacial score (nSPS) is 15.4. The van der Waals surface area contributed by atoms with Crippen molar-refractivity contribution in [3.63, 3.8) is 0 Å². The summed E-state index contributed by atoms with van der Waals surface area (Å²) < 4.78 is 31.8. The molecule has 0 saturated heterocycles. The van der Waals surface area contributed by atoms with Crippen LogP contribution >= 0.6 is 23.4 Å². The predicted molar refractivity (Wildman–Crippen MR) is 115 cm³/mol. The molecule has 1 atom stereocenters. The van der Waals surface area contributed by atoms with Crippen molar-refractivity contribution in [1.82, 2.24) is 10.2 Å². The highest BCUT2D eigenvalue weighted by Crippen LogP contribution is 2.39. The van der Waals surface area contributed by atoms with Gasteiger partial charge in [0.15, 0.2) is 0 Å². The van der Waals surface area contributed by atoms with Crippen molar-refractivity contribution in [2.45, 2.75) is 23.9 Å². The molecule has 0 N–H and O–H groups in total. The van der Waals surface area contributed by atoms with Crippen molar-refractivity contribution >= 4 is 23.4 Å². The summed E-state index contributed by atoms with van der Waals surface area (Å²) in [6.45, 7) is 0.269. The van der Waals surface area contributed by atoms with Crippen LogP contribution in [0.3, 0.4) is 0 Å². The quantitative estimate of drug-likeness (QED) is 0.324. The summed E-state index contributed by atoms with van der Waals surface area (Å²) in [6.07, 6.45) is -0.539. The van der Waals surface area contributed by atoms with Crippen molar-refractivity contribution in [2.75, 3.05) is 0 Å². The molecule has 8 heteroatoms. The van der Waals surface area contributed by atoms with Crippen molar-refractivity contribution in [2.24, 2.45) is 0 Å². The fourth-order valence-corrected chi connectivity index (χ4v) is 4.13. The Morgan fingerprint density at radius 1 is 1.03 bits per heavy atom. The maximum atomic E-state index is 14.2. The number of rotatable bonds is 5. The molecular formula is C23H16ClFN2O3S. The lowest BCUT2D eigenvalue weighted by atomic mass is 10.1. The van der Waals surface area contributed by atoms with Crippen LogP contribution in [0.4, 0.5) is 4.39 Å². The van der Waals surface area contributed by atoms with Crippen LogP contribution in [0, 0.1) is 5.82 Å². The molecular weight excluding hydrogens is 439 g/mol. The van der Waals surface area contributed by atoms with Gasteiger partial charge < -0.3 is 13.9 Å². The molecule has 4 aromatic rings. The van der Waals surface area contributed by atoms with E-state index in [1.54, 1.807) is 12.1 Å². The molecule has 0 amide bonds. The minimum absolute atomic E-state index is 0.269. The van der Waals surface area contributed by atoms with E-state index >= 15 is 0 Å². The van der Waals surface area contributed by atoms with Gasteiger partial charge in [-0.2, -0.15) is 0 Å². The molecule has 0 bridgehead atoms. The smallest absolute Gasteiger partial charge is 0.277 e. The van der Waals surface area contributed by atoms with Gasteiger partial charge in [-0.3, -0.25) is 0 Å². The van der Waals surface area contributed by atoms with Crippen molar-refractivity contribution in [3.05, 3.63) is 94.3 Å². The topological polar surface area (TPSA) is 57.4 Å². The third kappa shape index (κ3) is 4.44. The minimum atomic E-state index is -0.539. The van der Waals surface area contributed by atoms with Crippen LogP contribution in [0.5, 0.6) is 5.75 Å². The highest BCUT2D eigenvalue weighted by atomic mass is 35.5. The summed E-state index contributed by atoms with van der Waals surface area (Å²) in [5.41, 5.74) is 3.06. The van der Waals surface area contributed by atoms with Gasteiger partial charge in [-0.25, -0.2) is 4.39 Å². The third-order valence-corrected chi connectivity index (χ3v) is 5.86. The average molecular weight is 455 g/mol. The van der Waals surface area contributed by atoms with E-state index in [1.807, 2.05) is 42.5 Å². The Kier molecular flexibility index (Phi) is 5.63. The Hall–Kier alpha value is -2.87. The monoisotopic (exact) mass is 454 g/mol. The van der Waals surface area contributed by atoms with E-state index in [0.29, 0.717) is 38.8 Å². The van der Waals surface area contributed by atoms with Crippen LogP contribution in [0.2, 0.25) is 5.02 Å². The maximum absolute atomic E-state index is 14.2. The fourth-order valence-electron chi connectivity index (χ4n) is 3.28. The Morgan fingerprint density at radius 2 is 1.84 bits per heavy atom. The molecule has 0 spiro atoms. The standard InChI is InChI=1S/C23H16ClFN2O3S/c24-18-8-6-14(7-9-18)21-26-27-23(30-21)31-13-17-11-19(25)10-16-12-28-22(29-20(16)17)15-4-2-1-3-5-15/h1-11,22H,12-13H2. The SMILES string of the molecule is Fc1cc2c(c(CSc3nnc(-c4ccc(Cl)cc4)o3)c1)OC(c1ccccc1)OC2. The molecule has 2 heterocycles.